The number of aromatic nitrogens is 1. The van der Waals surface area contributed by atoms with Gasteiger partial charge in [-0.05, 0) is 24.3 Å². The van der Waals surface area contributed by atoms with E-state index in [0.29, 0.717) is 27.7 Å². The van der Waals surface area contributed by atoms with Gasteiger partial charge in [0.2, 0.25) is 0 Å². The van der Waals surface area contributed by atoms with Crippen molar-refractivity contribution in [3.63, 3.8) is 0 Å². The van der Waals surface area contributed by atoms with Gasteiger partial charge in [0.1, 0.15) is 5.82 Å². The van der Waals surface area contributed by atoms with Crippen molar-refractivity contribution in [1.82, 2.24) is 10.4 Å². The Morgan fingerprint density at radius 2 is 1.87 bits per heavy atom. The summed E-state index contributed by atoms with van der Waals surface area (Å²) in [5, 5.41) is 0.780. The van der Waals surface area contributed by atoms with Crippen molar-refractivity contribution in [1.29, 1.82) is 0 Å². The van der Waals surface area contributed by atoms with E-state index in [1.807, 2.05) is 0 Å². The lowest BCUT2D eigenvalue weighted by molar-refractivity contribution is 0.0955. The summed E-state index contributed by atoms with van der Waals surface area (Å²) in [5.74, 6) is 4.14. The van der Waals surface area contributed by atoms with Gasteiger partial charge in [0.25, 0.3) is 5.91 Å². The summed E-state index contributed by atoms with van der Waals surface area (Å²) < 4.78 is 13.8. The molecule has 0 spiro atoms. The van der Waals surface area contributed by atoms with Crippen LogP contribution in [0.15, 0.2) is 42.5 Å². The van der Waals surface area contributed by atoms with Crippen LogP contribution in [-0.2, 0) is 0 Å². The van der Waals surface area contributed by atoms with Crippen LogP contribution in [0, 0.1) is 5.82 Å². The van der Waals surface area contributed by atoms with Gasteiger partial charge in [-0.1, -0.05) is 41.4 Å². The fourth-order valence-corrected chi connectivity index (χ4v) is 2.78. The number of amides is 1. The van der Waals surface area contributed by atoms with Crippen LogP contribution in [0.3, 0.4) is 0 Å². The number of carbonyl (C=O) groups excluding carboxylic acids is 1. The molecule has 7 heteroatoms. The van der Waals surface area contributed by atoms with E-state index >= 15 is 0 Å². The molecule has 0 aliphatic heterocycles. The molecule has 3 aromatic rings. The van der Waals surface area contributed by atoms with Crippen molar-refractivity contribution in [2.75, 3.05) is 0 Å². The minimum Gasteiger partial charge on any atom is -0.290 e. The number of nitrogen functional groups attached to an aromatic ring is 1. The lowest BCUT2D eigenvalue weighted by atomic mass is 10.0. The maximum absolute atomic E-state index is 13.8. The molecule has 23 heavy (non-hydrogen) atoms. The lowest BCUT2D eigenvalue weighted by Gasteiger charge is -2.10. The standard InChI is InChI=1S/C16H10Cl2FN3O/c17-11-7-12(18)13(19)5-10(11)15-6-9(16(23)22-20)8-3-1-2-4-14(8)21-15/h1-7H,20H2,(H,22,23). The highest BCUT2D eigenvalue weighted by molar-refractivity contribution is 6.36. The van der Waals surface area contributed by atoms with Gasteiger partial charge in [-0.25, -0.2) is 15.2 Å². The van der Waals surface area contributed by atoms with E-state index in [2.05, 4.69) is 10.4 Å². The summed E-state index contributed by atoms with van der Waals surface area (Å²) in [4.78, 5) is 16.5. The Labute approximate surface area is 141 Å². The maximum Gasteiger partial charge on any atom is 0.265 e. The van der Waals surface area contributed by atoms with Crippen LogP contribution in [0.5, 0.6) is 0 Å². The van der Waals surface area contributed by atoms with Gasteiger partial charge in [0.05, 0.1) is 26.8 Å². The number of nitrogens with one attached hydrogen (secondary N) is 1. The van der Waals surface area contributed by atoms with Gasteiger partial charge in [-0.2, -0.15) is 0 Å². The minimum atomic E-state index is -0.620. The molecule has 0 bridgehead atoms. The van der Waals surface area contributed by atoms with Gasteiger partial charge in [-0.15, -0.1) is 0 Å². The van der Waals surface area contributed by atoms with E-state index in [4.69, 9.17) is 29.0 Å². The topological polar surface area (TPSA) is 68.0 Å². The second-order valence-corrected chi connectivity index (χ2v) is 5.61. The molecule has 0 saturated carbocycles. The Bertz CT molecular complexity index is 931. The largest absolute Gasteiger partial charge is 0.290 e. The Morgan fingerprint density at radius 1 is 1.13 bits per heavy atom. The first-order valence-corrected chi connectivity index (χ1v) is 7.32. The van der Waals surface area contributed by atoms with Crippen molar-refractivity contribution in [3.8, 4) is 11.3 Å². The molecule has 1 heterocycles. The van der Waals surface area contributed by atoms with E-state index in [0.717, 1.165) is 0 Å². The second kappa shape index (κ2) is 6.12. The van der Waals surface area contributed by atoms with Gasteiger partial charge in [0, 0.05) is 10.9 Å². The van der Waals surface area contributed by atoms with E-state index in [-0.39, 0.29) is 10.0 Å². The average Bonchev–Trinajstić information content (AvgIpc) is 2.56. The number of carbonyl (C=O) groups is 1. The summed E-state index contributed by atoms with van der Waals surface area (Å²) in [6.45, 7) is 0. The first-order chi connectivity index (χ1) is 11.0. The monoisotopic (exact) mass is 349 g/mol. The number of nitrogens with two attached hydrogens (primary N) is 1. The Kier molecular flexibility index (Phi) is 4.17. The molecular formula is C16H10Cl2FN3O. The Morgan fingerprint density at radius 3 is 2.61 bits per heavy atom. The van der Waals surface area contributed by atoms with E-state index in [9.17, 15) is 9.18 Å². The number of pyridine rings is 1. The molecule has 4 nitrogen and oxygen atoms in total. The Balaban J connectivity index is 2.31. The van der Waals surface area contributed by atoms with Gasteiger partial charge in [0.15, 0.2) is 0 Å². The highest BCUT2D eigenvalue weighted by Gasteiger charge is 2.16. The molecule has 0 unspecified atom stereocenters. The van der Waals surface area contributed by atoms with Crippen molar-refractivity contribution < 1.29 is 9.18 Å². The third-order valence-electron chi connectivity index (χ3n) is 3.38. The van der Waals surface area contributed by atoms with Gasteiger partial charge in [-0.3, -0.25) is 10.2 Å². The summed E-state index contributed by atoms with van der Waals surface area (Å²) in [6, 6.07) is 11.1. The normalized spacial score (nSPS) is 10.8. The summed E-state index contributed by atoms with van der Waals surface area (Å²) in [6.07, 6.45) is 0. The van der Waals surface area contributed by atoms with E-state index in [1.165, 1.54) is 18.2 Å². The van der Waals surface area contributed by atoms with E-state index < -0.39 is 11.7 Å². The predicted molar refractivity (Wildman–Crippen MR) is 88.8 cm³/mol. The summed E-state index contributed by atoms with van der Waals surface area (Å²) >= 11 is 11.8. The van der Waals surface area contributed by atoms with Crippen LogP contribution >= 0.6 is 23.2 Å². The van der Waals surface area contributed by atoms with Crippen molar-refractivity contribution in [3.05, 3.63) is 63.9 Å². The van der Waals surface area contributed by atoms with Gasteiger partial charge < -0.3 is 0 Å². The average molecular weight is 350 g/mol. The Hall–Kier alpha value is -2.21. The fraction of sp³-hybridized carbons (Fsp3) is 0. The van der Waals surface area contributed by atoms with Crippen LogP contribution in [0.1, 0.15) is 10.4 Å². The molecule has 2 aromatic carbocycles. The number of hydrogen-bond acceptors (Lipinski definition) is 3. The van der Waals surface area contributed by atoms with Crippen molar-refractivity contribution in [2.24, 2.45) is 5.84 Å². The SMILES string of the molecule is NNC(=O)c1cc(-c2cc(F)c(Cl)cc2Cl)nc2ccccc12. The molecule has 3 N–H and O–H groups in total. The first-order valence-electron chi connectivity index (χ1n) is 6.57. The number of halogens is 3. The van der Waals surface area contributed by atoms with Crippen LogP contribution in [0.2, 0.25) is 10.0 Å². The summed E-state index contributed by atoms with van der Waals surface area (Å²) in [7, 11) is 0. The molecule has 116 valence electrons. The summed E-state index contributed by atoms with van der Waals surface area (Å²) in [5.41, 5.74) is 3.66. The molecule has 3 rings (SSSR count). The number of benzene rings is 2. The van der Waals surface area contributed by atoms with Crippen molar-refractivity contribution >= 4 is 40.0 Å². The predicted octanol–water partition coefficient (Wildman–Crippen LogP) is 3.95. The number of hydrogen-bond donors (Lipinski definition) is 2. The number of hydrazine groups is 1. The van der Waals surface area contributed by atoms with Crippen LogP contribution < -0.4 is 11.3 Å². The highest BCUT2D eigenvalue weighted by atomic mass is 35.5. The number of fused-ring (bicyclic) bond motifs is 1. The zero-order valence-electron chi connectivity index (χ0n) is 11.6. The van der Waals surface area contributed by atoms with Crippen LogP contribution in [0.4, 0.5) is 4.39 Å². The minimum absolute atomic E-state index is 0.0838. The third kappa shape index (κ3) is 2.86. The fourth-order valence-electron chi connectivity index (χ4n) is 2.30. The second-order valence-electron chi connectivity index (χ2n) is 4.79. The zero-order chi connectivity index (χ0) is 16.6. The number of para-hydroxylation sites is 1. The van der Waals surface area contributed by atoms with Gasteiger partial charge >= 0.3 is 0 Å². The highest BCUT2D eigenvalue weighted by Crippen LogP contribution is 2.33. The molecule has 0 aliphatic rings. The molecular weight excluding hydrogens is 340 g/mol. The van der Waals surface area contributed by atoms with Crippen LogP contribution in [0.25, 0.3) is 22.2 Å². The molecule has 0 atom stereocenters. The molecule has 0 fully saturated rings. The number of nitrogens with zero attached hydrogens (tertiary/aromatic N) is 1. The number of rotatable bonds is 2. The quantitative estimate of drug-likeness (QED) is 0.318. The zero-order valence-corrected chi connectivity index (χ0v) is 13.1. The molecule has 1 amide bonds. The van der Waals surface area contributed by atoms with E-state index in [1.54, 1.807) is 24.3 Å². The maximum atomic E-state index is 13.8. The molecule has 0 aliphatic carbocycles. The third-order valence-corrected chi connectivity index (χ3v) is 3.98. The van der Waals surface area contributed by atoms with Crippen LogP contribution in [-0.4, -0.2) is 10.9 Å². The molecule has 0 saturated heterocycles. The molecule has 0 radical (unpaired) electrons. The lowest BCUT2D eigenvalue weighted by Crippen LogP contribution is -2.30. The first kappa shape index (κ1) is 15.7. The van der Waals surface area contributed by atoms with Crippen molar-refractivity contribution in [2.45, 2.75) is 0 Å². The smallest absolute Gasteiger partial charge is 0.265 e. The molecule has 1 aromatic heterocycles.